The van der Waals surface area contributed by atoms with Crippen molar-refractivity contribution in [2.75, 3.05) is 20.8 Å². The molecule has 30 heavy (non-hydrogen) atoms. The van der Waals surface area contributed by atoms with E-state index in [-0.39, 0.29) is 11.5 Å². The van der Waals surface area contributed by atoms with Gasteiger partial charge in [-0.3, -0.25) is 0 Å². The Labute approximate surface area is 176 Å². The fourth-order valence-corrected chi connectivity index (χ4v) is 3.09. The number of ether oxygens (including phenoxy) is 3. The van der Waals surface area contributed by atoms with Crippen molar-refractivity contribution in [1.82, 2.24) is 0 Å². The lowest BCUT2D eigenvalue weighted by atomic mass is 9.97. The highest BCUT2D eigenvalue weighted by atomic mass is 16.5. The SMILES string of the molecule is COc1cc(-c2ccc(OCC=C(C)C)c(O)c2)c(OC)cc1-c1ccc(O)cc1. The highest BCUT2D eigenvalue weighted by molar-refractivity contribution is 5.82. The van der Waals surface area contributed by atoms with Gasteiger partial charge in [-0.05, 0) is 67.4 Å². The van der Waals surface area contributed by atoms with E-state index in [2.05, 4.69) is 0 Å². The molecule has 0 unspecified atom stereocenters. The third kappa shape index (κ3) is 4.69. The number of benzene rings is 3. The van der Waals surface area contributed by atoms with Crippen molar-refractivity contribution in [3.05, 3.63) is 66.2 Å². The van der Waals surface area contributed by atoms with Gasteiger partial charge < -0.3 is 24.4 Å². The van der Waals surface area contributed by atoms with Gasteiger partial charge in [-0.2, -0.15) is 0 Å². The van der Waals surface area contributed by atoms with E-state index < -0.39 is 0 Å². The van der Waals surface area contributed by atoms with Crippen LogP contribution < -0.4 is 14.2 Å². The average Bonchev–Trinajstić information content (AvgIpc) is 2.74. The van der Waals surface area contributed by atoms with Crippen LogP contribution in [-0.4, -0.2) is 31.0 Å². The van der Waals surface area contributed by atoms with Crippen LogP contribution in [-0.2, 0) is 0 Å². The van der Waals surface area contributed by atoms with E-state index in [4.69, 9.17) is 14.2 Å². The third-order valence-electron chi connectivity index (χ3n) is 4.70. The van der Waals surface area contributed by atoms with E-state index in [0.717, 1.165) is 27.8 Å². The van der Waals surface area contributed by atoms with Crippen LogP contribution in [0.1, 0.15) is 13.8 Å². The van der Waals surface area contributed by atoms with Crippen molar-refractivity contribution in [3.8, 4) is 51.0 Å². The van der Waals surface area contributed by atoms with E-state index in [1.807, 2.05) is 50.3 Å². The van der Waals surface area contributed by atoms with Gasteiger partial charge in [0.15, 0.2) is 11.5 Å². The van der Waals surface area contributed by atoms with Gasteiger partial charge in [0, 0.05) is 11.1 Å². The summed E-state index contributed by atoms with van der Waals surface area (Å²) in [6.07, 6.45) is 1.95. The molecule has 0 spiro atoms. The molecule has 2 N–H and O–H groups in total. The minimum atomic E-state index is 0.0540. The van der Waals surface area contributed by atoms with E-state index in [0.29, 0.717) is 23.9 Å². The zero-order valence-corrected chi connectivity index (χ0v) is 17.6. The Hall–Kier alpha value is -3.60. The zero-order valence-electron chi connectivity index (χ0n) is 17.6. The molecule has 0 bridgehead atoms. The fraction of sp³-hybridized carbons (Fsp3) is 0.200. The first-order valence-corrected chi connectivity index (χ1v) is 9.58. The van der Waals surface area contributed by atoms with Gasteiger partial charge in [0.25, 0.3) is 0 Å². The highest BCUT2D eigenvalue weighted by Gasteiger charge is 2.16. The number of methoxy groups -OCH3 is 2. The Morgan fingerprint density at radius 3 is 1.87 bits per heavy atom. The largest absolute Gasteiger partial charge is 0.508 e. The topological polar surface area (TPSA) is 68.2 Å². The van der Waals surface area contributed by atoms with Crippen LogP contribution in [0.3, 0.4) is 0 Å². The van der Waals surface area contributed by atoms with Crippen LogP contribution in [0.2, 0.25) is 0 Å². The van der Waals surface area contributed by atoms with Crippen molar-refractivity contribution in [1.29, 1.82) is 0 Å². The van der Waals surface area contributed by atoms with Crippen LogP contribution >= 0.6 is 0 Å². The summed E-state index contributed by atoms with van der Waals surface area (Å²) in [6.45, 7) is 4.38. The number of phenols is 2. The molecule has 0 saturated heterocycles. The van der Waals surface area contributed by atoms with Gasteiger partial charge in [-0.15, -0.1) is 0 Å². The zero-order chi connectivity index (χ0) is 21.7. The minimum absolute atomic E-state index is 0.0540. The Kier molecular flexibility index (Phi) is 6.52. The van der Waals surface area contributed by atoms with E-state index in [1.54, 1.807) is 38.5 Å². The molecule has 0 aromatic heterocycles. The summed E-state index contributed by atoms with van der Waals surface area (Å²) in [5.41, 5.74) is 4.43. The summed E-state index contributed by atoms with van der Waals surface area (Å²) in [5, 5.41) is 20.0. The molecule has 156 valence electrons. The summed E-state index contributed by atoms with van der Waals surface area (Å²) in [5.74, 6) is 1.96. The molecule has 0 radical (unpaired) electrons. The molecular formula is C25H26O5. The molecule has 0 aliphatic rings. The third-order valence-corrected chi connectivity index (χ3v) is 4.70. The molecular weight excluding hydrogens is 380 g/mol. The molecule has 3 aromatic rings. The number of hydrogen-bond donors (Lipinski definition) is 2. The predicted molar refractivity (Wildman–Crippen MR) is 119 cm³/mol. The van der Waals surface area contributed by atoms with Gasteiger partial charge in [-0.1, -0.05) is 23.8 Å². The fourth-order valence-electron chi connectivity index (χ4n) is 3.09. The van der Waals surface area contributed by atoms with E-state index >= 15 is 0 Å². The molecule has 0 atom stereocenters. The molecule has 0 amide bonds. The highest BCUT2D eigenvalue weighted by Crippen LogP contribution is 2.42. The number of aromatic hydroxyl groups is 2. The van der Waals surface area contributed by atoms with Crippen LogP contribution in [0.5, 0.6) is 28.7 Å². The Morgan fingerprint density at radius 1 is 0.767 bits per heavy atom. The van der Waals surface area contributed by atoms with Crippen LogP contribution in [0.4, 0.5) is 0 Å². The quantitative estimate of drug-likeness (QED) is 0.486. The number of phenolic OH excluding ortho intramolecular Hbond substituents is 2. The summed E-state index contributed by atoms with van der Waals surface area (Å²) in [6, 6.07) is 15.9. The summed E-state index contributed by atoms with van der Waals surface area (Å²) >= 11 is 0. The van der Waals surface area contributed by atoms with Gasteiger partial charge in [0.2, 0.25) is 0 Å². The molecule has 0 heterocycles. The maximum atomic E-state index is 10.4. The number of hydrogen-bond acceptors (Lipinski definition) is 5. The molecule has 0 aliphatic carbocycles. The minimum Gasteiger partial charge on any atom is -0.508 e. The van der Waals surface area contributed by atoms with E-state index in [9.17, 15) is 10.2 Å². The van der Waals surface area contributed by atoms with Gasteiger partial charge >= 0.3 is 0 Å². The molecule has 3 rings (SSSR count). The summed E-state index contributed by atoms with van der Waals surface area (Å²) in [7, 11) is 3.20. The standard InChI is InChI=1S/C25H26O5/c1-16(2)11-12-30-23-10-7-18(13-22(23)27)21-15-24(28-3)20(14-25(21)29-4)17-5-8-19(26)9-6-17/h5-11,13-15,26-27H,12H2,1-4H3. The molecule has 0 fully saturated rings. The molecule has 5 heteroatoms. The van der Waals surface area contributed by atoms with Crippen molar-refractivity contribution >= 4 is 0 Å². The Morgan fingerprint density at radius 2 is 1.33 bits per heavy atom. The molecule has 5 nitrogen and oxygen atoms in total. The van der Waals surface area contributed by atoms with Gasteiger partial charge in [0.1, 0.15) is 23.9 Å². The van der Waals surface area contributed by atoms with E-state index in [1.165, 1.54) is 0 Å². The number of allylic oxidation sites excluding steroid dienone is 1. The molecule has 0 aliphatic heterocycles. The average molecular weight is 406 g/mol. The second-order valence-corrected chi connectivity index (χ2v) is 7.07. The first-order chi connectivity index (χ1) is 14.4. The lowest BCUT2D eigenvalue weighted by Gasteiger charge is -2.16. The van der Waals surface area contributed by atoms with Crippen molar-refractivity contribution < 1.29 is 24.4 Å². The van der Waals surface area contributed by atoms with Gasteiger partial charge in [0.05, 0.1) is 14.2 Å². The first kappa shape index (κ1) is 21.1. The molecule has 3 aromatic carbocycles. The maximum Gasteiger partial charge on any atom is 0.161 e. The first-order valence-electron chi connectivity index (χ1n) is 9.58. The Balaban J connectivity index is 2.00. The second kappa shape index (κ2) is 9.27. The lowest BCUT2D eigenvalue weighted by Crippen LogP contribution is -1.96. The monoisotopic (exact) mass is 406 g/mol. The molecule has 0 saturated carbocycles. The van der Waals surface area contributed by atoms with Crippen LogP contribution in [0.25, 0.3) is 22.3 Å². The smallest absolute Gasteiger partial charge is 0.161 e. The van der Waals surface area contributed by atoms with Gasteiger partial charge in [-0.25, -0.2) is 0 Å². The summed E-state index contributed by atoms with van der Waals surface area (Å²) < 4.78 is 16.9. The lowest BCUT2D eigenvalue weighted by molar-refractivity contribution is 0.335. The van der Waals surface area contributed by atoms with Crippen molar-refractivity contribution in [3.63, 3.8) is 0 Å². The predicted octanol–water partition coefficient (Wildman–Crippen LogP) is 5.79. The number of rotatable bonds is 7. The van der Waals surface area contributed by atoms with Crippen molar-refractivity contribution in [2.24, 2.45) is 0 Å². The Bertz CT molecular complexity index is 1050. The normalized spacial score (nSPS) is 10.4. The van der Waals surface area contributed by atoms with Crippen LogP contribution in [0.15, 0.2) is 66.2 Å². The van der Waals surface area contributed by atoms with Crippen molar-refractivity contribution in [2.45, 2.75) is 13.8 Å². The second-order valence-electron chi connectivity index (χ2n) is 7.07. The summed E-state index contributed by atoms with van der Waals surface area (Å²) in [4.78, 5) is 0. The van der Waals surface area contributed by atoms with Crippen LogP contribution in [0, 0.1) is 0 Å². The maximum absolute atomic E-state index is 10.4.